The van der Waals surface area contributed by atoms with Gasteiger partial charge in [0.25, 0.3) is 0 Å². The summed E-state index contributed by atoms with van der Waals surface area (Å²) in [7, 11) is 0. The zero-order valence-corrected chi connectivity index (χ0v) is 13.6. The Labute approximate surface area is 136 Å². The SMILES string of the molecule is CCOC(C)CCCc1cnc(OC(=O)c2ccccc2)nc1. The number of rotatable bonds is 8. The molecule has 0 saturated carbocycles. The average molecular weight is 314 g/mol. The van der Waals surface area contributed by atoms with Crippen molar-refractivity contribution in [3.05, 3.63) is 53.9 Å². The van der Waals surface area contributed by atoms with Gasteiger partial charge in [-0.05, 0) is 50.8 Å². The minimum absolute atomic E-state index is 0.0743. The van der Waals surface area contributed by atoms with Gasteiger partial charge in [0.15, 0.2) is 0 Å². The van der Waals surface area contributed by atoms with Crippen molar-refractivity contribution in [2.45, 2.75) is 39.2 Å². The number of aryl methyl sites for hydroxylation is 1. The van der Waals surface area contributed by atoms with Crippen LogP contribution < -0.4 is 4.74 Å². The summed E-state index contributed by atoms with van der Waals surface area (Å²) < 4.78 is 10.6. The molecule has 122 valence electrons. The van der Waals surface area contributed by atoms with Crippen LogP contribution in [0, 0.1) is 0 Å². The fourth-order valence-electron chi connectivity index (χ4n) is 2.20. The second-order valence-corrected chi connectivity index (χ2v) is 5.29. The fourth-order valence-corrected chi connectivity index (χ4v) is 2.20. The molecule has 0 N–H and O–H groups in total. The van der Waals surface area contributed by atoms with E-state index in [1.807, 2.05) is 13.0 Å². The van der Waals surface area contributed by atoms with Crippen LogP contribution >= 0.6 is 0 Å². The summed E-state index contributed by atoms with van der Waals surface area (Å²) in [6, 6.07) is 8.86. The lowest BCUT2D eigenvalue weighted by Crippen LogP contribution is -2.10. The van der Waals surface area contributed by atoms with E-state index >= 15 is 0 Å². The van der Waals surface area contributed by atoms with Crippen LogP contribution in [0.25, 0.3) is 0 Å². The first-order chi connectivity index (χ1) is 11.2. The van der Waals surface area contributed by atoms with Crippen LogP contribution in [0.15, 0.2) is 42.7 Å². The third-order valence-electron chi connectivity index (χ3n) is 3.40. The Hall–Kier alpha value is -2.27. The van der Waals surface area contributed by atoms with Crippen molar-refractivity contribution < 1.29 is 14.3 Å². The van der Waals surface area contributed by atoms with Crippen LogP contribution in [0.4, 0.5) is 0 Å². The van der Waals surface area contributed by atoms with Gasteiger partial charge in [-0.1, -0.05) is 18.2 Å². The van der Waals surface area contributed by atoms with Crippen molar-refractivity contribution in [1.82, 2.24) is 9.97 Å². The number of hydrogen-bond acceptors (Lipinski definition) is 5. The molecule has 2 aromatic rings. The first kappa shape index (κ1) is 17.1. The summed E-state index contributed by atoms with van der Waals surface area (Å²) in [5, 5.41) is 0. The predicted molar refractivity (Wildman–Crippen MR) is 87.5 cm³/mol. The molecule has 1 aromatic carbocycles. The molecule has 0 fully saturated rings. The van der Waals surface area contributed by atoms with Gasteiger partial charge in [0.05, 0.1) is 11.7 Å². The highest BCUT2D eigenvalue weighted by Gasteiger charge is 2.09. The van der Waals surface area contributed by atoms with Gasteiger partial charge in [0.1, 0.15) is 0 Å². The third kappa shape index (κ3) is 5.79. The number of benzene rings is 1. The standard InChI is InChI=1S/C18H22N2O3/c1-3-22-14(2)8-7-9-15-12-19-18(20-13-15)23-17(21)16-10-5-4-6-11-16/h4-6,10-14H,3,7-9H2,1-2H3. The Balaban J connectivity index is 1.81. The molecular formula is C18H22N2O3. The number of carbonyl (C=O) groups is 1. The monoisotopic (exact) mass is 314 g/mol. The van der Waals surface area contributed by atoms with Crippen LogP contribution in [0.3, 0.4) is 0 Å². The van der Waals surface area contributed by atoms with E-state index < -0.39 is 5.97 Å². The quantitative estimate of drug-likeness (QED) is 0.698. The van der Waals surface area contributed by atoms with Gasteiger partial charge in [-0.3, -0.25) is 0 Å². The van der Waals surface area contributed by atoms with E-state index in [0.29, 0.717) is 5.56 Å². The molecule has 1 atom stereocenters. The molecule has 0 aliphatic carbocycles. The Kier molecular flexibility index (Phi) is 6.69. The average Bonchev–Trinajstić information content (AvgIpc) is 2.57. The second-order valence-electron chi connectivity index (χ2n) is 5.29. The summed E-state index contributed by atoms with van der Waals surface area (Å²) in [6.45, 7) is 4.82. The number of esters is 1. The van der Waals surface area contributed by atoms with Gasteiger partial charge in [-0.15, -0.1) is 0 Å². The molecule has 0 spiro atoms. The van der Waals surface area contributed by atoms with E-state index in [1.54, 1.807) is 36.7 Å². The molecule has 0 saturated heterocycles. The van der Waals surface area contributed by atoms with Crippen molar-refractivity contribution in [1.29, 1.82) is 0 Å². The Morgan fingerprint density at radius 2 is 1.87 bits per heavy atom. The molecule has 0 amide bonds. The first-order valence-corrected chi connectivity index (χ1v) is 7.88. The topological polar surface area (TPSA) is 61.3 Å². The lowest BCUT2D eigenvalue weighted by atomic mass is 10.1. The molecular weight excluding hydrogens is 292 g/mol. The van der Waals surface area contributed by atoms with Gasteiger partial charge >= 0.3 is 12.0 Å². The van der Waals surface area contributed by atoms with E-state index in [0.717, 1.165) is 31.4 Å². The number of aromatic nitrogens is 2. The third-order valence-corrected chi connectivity index (χ3v) is 3.40. The lowest BCUT2D eigenvalue weighted by molar-refractivity contribution is 0.0688. The van der Waals surface area contributed by atoms with Crippen LogP contribution in [0.1, 0.15) is 42.6 Å². The van der Waals surface area contributed by atoms with E-state index in [1.165, 1.54) is 0 Å². The van der Waals surface area contributed by atoms with Crippen molar-refractivity contribution in [3.8, 4) is 6.01 Å². The highest BCUT2D eigenvalue weighted by molar-refractivity contribution is 5.90. The summed E-state index contributed by atoms with van der Waals surface area (Å²) in [6.07, 6.45) is 6.56. The normalized spacial score (nSPS) is 11.9. The Bertz CT molecular complexity index is 599. The maximum Gasteiger partial charge on any atom is 0.345 e. The maximum absolute atomic E-state index is 11.9. The zero-order valence-electron chi connectivity index (χ0n) is 13.6. The van der Waals surface area contributed by atoms with E-state index in [2.05, 4.69) is 16.9 Å². The van der Waals surface area contributed by atoms with Gasteiger partial charge in [-0.2, -0.15) is 0 Å². The smallest absolute Gasteiger partial charge is 0.345 e. The van der Waals surface area contributed by atoms with Crippen LogP contribution in [-0.2, 0) is 11.2 Å². The van der Waals surface area contributed by atoms with Gasteiger partial charge in [0, 0.05) is 19.0 Å². The first-order valence-electron chi connectivity index (χ1n) is 7.88. The molecule has 2 rings (SSSR count). The predicted octanol–water partition coefficient (Wildman–Crippen LogP) is 3.44. The molecule has 5 nitrogen and oxygen atoms in total. The summed E-state index contributed by atoms with van der Waals surface area (Å²) in [4.78, 5) is 20.1. The van der Waals surface area contributed by atoms with Crippen LogP contribution in [0.2, 0.25) is 0 Å². The van der Waals surface area contributed by atoms with Crippen LogP contribution in [-0.4, -0.2) is 28.6 Å². The van der Waals surface area contributed by atoms with Crippen molar-refractivity contribution in [2.75, 3.05) is 6.61 Å². The second kappa shape index (κ2) is 9.00. The minimum atomic E-state index is -0.455. The molecule has 0 aliphatic rings. The number of nitrogens with zero attached hydrogens (tertiary/aromatic N) is 2. The van der Waals surface area contributed by atoms with Crippen molar-refractivity contribution in [3.63, 3.8) is 0 Å². The summed E-state index contributed by atoms with van der Waals surface area (Å²) in [5.41, 5.74) is 1.50. The number of carbonyl (C=O) groups excluding carboxylic acids is 1. The van der Waals surface area contributed by atoms with Gasteiger partial charge < -0.3 is 9.47 Å². The Morgan fingerprint density at radius 1 is 1.17 bits per heavy atom. The van der Waals surface area contributed by atoms with Crippen molar-refractivity contribution >= 4 is 5.97 Å². The molecule has 1 unspecified atom stereocenters. The molecule has 0 aliphatic heterocycles. The highest BCUT2D eigenvalue weighted by Crippen LogP contribution is 2.10. The Morgan fingerprint density at radius 3 is 2.52 bits per heavy atom. The number of ether oxygens (including phenoxy) is 2. The van der Waals surface area contributed by atoms with Crippen LogP contribution in [0.5, 0.6) is 6.01 Å². The lowest BCUT2D eigenvalue weighted by Gasteiger charge is -2.10. The maximum atomic E-state index is 11.9. The summed E-state index contributed by atoms with van der Waals surface area (Å²) >= 11 is 0. The van der Waals surface area contributed by atoms with Crippen molar-refractivity contribution in [2.24, 2.45) is 0 Å². The van der Waals surface area contributed by atoms with E-state index in [4.69, 9.17) is 9.47 Å². The molecule has 1 heterocycles. The number of hydrogen-bond donors (Lipinski definition) is 0. The molecule has 5 heteroatoms. The molecule has 0 bridgehead atoms. The zero-order chi connectivity index (χ0) is 16.5. The van der Waals surface area contributed by atoms with E-state index in [9.17, 15) is 4.79 Å². The molecule has 0 radical (unpaired) electrons. The largest absolute Gasteiger partial charge is 0.387 e. The van der Waals surface area contributed by atoms with Gasteiger partial charge in [-0.25, -0.2) is 14.8 Å². The van der Waals surface area contributed by atoms with E-state index in [-0.39, 0.29) is 12.1 Å². The summed E-state index contributed by atoms with van der Waals surface area (Å²) in [5.74, 6) is -0.455. The van der Waals surface area contributed by atoms with Gasteiger partial charge in [0.2, 0.25) is 0 Å². The highest BCUT2D eigenvalue weighted by atomic mass is 16.5. The molecule has 23 heavy (non-hydrogen) atoms. The molecule has 1 aromatic heterocycles. The fraction of sp³-hybridized carbons (Fsp3) is 0.389. The minimum Gasteiger partial charge on any atom is -0.387 e.